The molecule has 0 radical (unpaired) electrons. The highest BCUT2D eigenvalue weighted by molar-refractivity contribution is 6.33. The van der Waals surface area contributed by atoms with E-state index < -0.39 is 16.8 Å². The highest BCUT2D eigenvalue weighted by atomic mass is 35.5. The number of esters is 1. The van der Waals surface area contributed by atoms with Gasteiger partial charge in [0.1, 0.15) is 35.5 Å². The Balaban J connectivity index is 1.39. The smallest absolute Gasteiger partial charge is 0.345 e. The number of nitrogens with two attached hydrogens (primary N) is 1. The quantitative estimate of drug-likeness (QED) is 0.106. The largest absolute Gasteiger partial charge is 0.489 e. The first kappa shape index (κ1) is 27.5. The molecule has 0 amide bonds. The third kappa shape index (κ3) is 5.79. The molecule has 0 saturated carbocycles. The summed E-state index contributed by atoms with van der Waals surface area (Å²) in [5, 5.41) is 21.6. The van der Waals surface area contributed by atoms with Gasteiger partial charge in [-0.2, -0.15) is 5.26 Å². The van der Waals surface area contributed by atoms with E-state index in [1.54, 1.807) is 24.3 Å². The van der Waals surface area contributed by atoms with Crippen LogP contribution in [0, 0.1) is 21.4 Å². The predicted molar refractivity (Wildman–Crippen MR) is 151 cm³/mol. The lowest BCUT2D eigenvalue weighted by atomic mass is 9.83. The molecule has 0 aromatic heterocycles. The second-order valence-corrected chi connectivity index (χ2v) is 9.70. The zero-order chi connectivity index (χ0) is 29.1. The third-order valence-corrected chi connectivity index (χ3v) is 7.05. The van der Waals surface area contributed by atoms with Crippen molar-refractivity contribution in [3.8, 4) is 23.3 Å². The monoisotopic (exact) mass is 587 g/mol. The lowest BCUT2D eigenvalue weighted by Crippen LogP contribution is -2.21. The van der Waals surface area contributed by atoms with Crippen molar-refractivity contribution in [2.24, 2.45) is 5.73 Å². The van der Waals surface area contributed by atoms with E-state index in [1.165, 1.54) is 24.3 Å². The van der Waals surface area contributed by atoms with Gasteiger partial charge in [-0.1, -0.05) is 59.6 Å². The molecule has 4 aromatic carbocycles. The number of fused-ring (bicyclic) bond motifs is 1. The number of hydrogen-bond donors (Lipinski definition) is 1. The number of nitro benzene ring substituents is 1. The number of allylic oxidation sites excluding steroid dienone is 1. The number of rotatable bonds is 7. The average Bonchev–Trinajstić information content (AvgIpc) is 2.96. The highest BCUT2D eigenvalue weighted by Crippen LogP contribution is 2.44. The molecule has 204 valence electrons. The van der Waals surface area contributed by atoms with Crippen LogP contribution in [-0.4, -0.2) is 10.9 Å². The molecular formula is C30H19Cl2N3O6. The normalized spacial score (nSPS) is 13.9. The molecule has 2 N–H and O–H groups in total. The van der Waals surface area contributed by atoms with Gasteiger partial charge in [-0.25, -0.2) is 4.79 Å². The van der Waals surface area contributed by atoms with E-state index in [0.29, 0.717) is 22.9 Å². The Morgan fingerprint density at radius 1 is 1.00 bits per heavy atom. The molecule has 4 aromatic rings. The number of non-ortho nitro benzene ring substituents is 1. The first-order valence-corrected chi connectivity index (χ1v) is 12.8. The summed E-state index contributed by atoms with van der Waals surface area (Å²) >= 11 is 12.3. The van der Waals surface area contributed by atoms with Gasteiger partial charge in [0.25, 0.3) is 5.69 Å². The van der Waals surface area contributed by atoms with Gasteiger partial charge in [0.2, 0.25) is 5.88 Å². The fourth-order valence-corrected chi connectivity index (χ4v) is 4.71. The van der Waals surface area contributed by atoms with Gasteiger partial charge in [-0.05, 0) is 35.9 Å². The highest BCUT2D eigenvalue weighted by Gasteiger charge is 2.31. The number of benzene rings is 4. The van der Waals surface area contributed by atoms with E-state index >= 15 is 0 Å². The maximum absolute atomic E-state index is 12.8. The number of nitrogens with zero attached hydrogens (tertiary/aromatic N) is 2. The number of hydrogen-bond acceptors (Lipinski definition) is 8. The van der Waals surface area contributed by atoms with E-state index in [9.17, 15) is 20.2 Å². The maximum atomic E-state index is 12.8. The van der Waals surface area contributed by atoms with Crippen LogP contribution in [0.15, 0.2) is 96.4 Å². The molecule has 1 heterocycles. The molecule has 0 spiro atoms. The van der Waals surface area contributed by atoms with Crippen LogP contribution in [0.3, 0.4) is 0 Å². The number of nitro groups is 1. The van der Waals surface area contributed by atoms with Crippen molar-refractivity contribution in [3.05, 3.63) is 139 Å². The molecule has 0 bridgehead atoms. The van der Waals surface area contributed by atoms with Gasteiger partial charge in [0.05, 0.1) is 21.4 Å². The first-order valence-electron chi connectivity index (χ1n) is 12.1. The first-order chi connectivity index (χ1) is 19.7. The minimum Gasteiger partial charge on any atom is -0.489 e. The number of ether oxygens (including phenoxy) is 3. The van der Waals surface area contributed by atoms with E-state index in [4.69, 9.17) is 43.1 Å². The molecule has 5 rings (SSSR count). The van der Waals surface area contributed by atoms with Gasteiger partial charge in [-0.3, -0.25) is 10.1 Å². The van der Waals surface area contributed by atoms with Crippen molar-refractivity contribution in [3.63, 3.8) is 0 Å². The fraction of sp³-hybridized carbons (Fsp3) is 0.0667. The zero-order valence-corrected chi connectivity index (χ0v) is 22.6. The second kappa shape index (κ2) is 11.6. The summed E-state index contributed by atoms with van der Waals surface area (Å²) in [6.45, 7) is 0.290. The molecule has 41 heavy (non-hydrogen) atoms. The van der Waals surface area contributed by atoms with Crippen molar-refractivity contribution >= 4 is 34.9 Å². The van der Waals surface area contributed by atoms with Gasteiger partial charge >= 0.3 is 5.97 Å². The van der Waals surface area contributed by atoms with Gasteiger partial charge in [-0.15, -0.1) is 0 Å². The second-order valence-electron chi connectivity index (χ2n) is 8.88. The van der Waals surface area contributed by atoms with E-state index in [2.05, 4.69) is 6.07 Å². The Hall–Kier alpha value is -5.04. The van der Waals surface area contributed by atoms with Gasteiger partial charge < -0.3 is 19.9 Å². The topological polar surface area (TPSA) is 138 Å². The third-order valence-electron chi connectivity index (χ3n) is 6.35. The number of carbonyl (C=O) groups excluding carboxylic acids is 1. The molecule has 1 unspecified atom stereocenters. The number of carbonyl (C=O) groups is 1. The summed E-state index contributed by atoms with van der Waals surface area (Å²) in [6.07, 6.45) is 0. The summed E-state index contributed by atoms with van der Waals surface area (Å²) in [7, 11) is 0. The predicted octanol–water partition coefficient (Wildman–Crippen LogP) is 6.92. The summed E-state index contributed by atoms with van der Waals surface area (Å²) in [6, 6.07) is 24.8. The summed E-state index contributed by atoms with van der Waals surface area (Å²) < 4.78 is 17.0. The molecule has 1 aliphatic heterocycles. The van der Waals surface area contributed by atoms with Crippen LogP contribution < -0.4 is 19.9 Å². The van der Waals surface area contributed by atoms with Crippen LogP contribution in [0.4, 0.5) is 5.69 Å². The lowest BCUT2D eigenvalue weighted by molar-refractivity contribution is -0.384. The van der Waals surface area contributed by atoms with Crippen molar-refractivity contribution < 1.29 is 23.9 Å². The standard InChI is InChI=1S/C30H19Cl2N3O6/c31-25-4-2-1-3-18(25)16-39-20-8-5-17(6-9-20)28-22-11-10-21(14-27(22)41-29(34)24(28)15-33)40-30(36)23-13-19(35(37)38)7-12-26(23)32/h1-14,28H,16,34H2. The SMILES string of the molecule is N#CC1=C(N)Oc2cc(OC(=O)c3cc([N+](=O)[O-])ccc3Cl)ccc2C1c1ccc(OCc2ccccc2Cl)cc1. The Morgan fingerprint density at radius 3 is 2.44 bits per heavy atom. The molecule has 0 aliphatic carbocycles. The average molecular weight is 588 g/mol. The minimum atomic E-state index is -0.889. The van der Waals surface area contributed by atoms with Crippen LogP contribution in [0.2, 0.25) is 10.0 Å². The minimum absolute atomic E-state index is 0.00000580. The molecule has 0 fully saturated rings. The number of nitriles is 1. The molecule has 1 aliphatic rings. The molecule has 11 heteroatoms. The van der Waals surface area contributed by atoms with Crippen LogP contribution in [0.1, 0.15) is 33.0 Å². The van der Waals surface area contributed by atoms with Crippen LogP contribution in [0.5, 0.6) is 17.2 Å². The van der Waals surface area contributed by atoms with Crippen LogP contribution >= 0.6 is 23.2 Å². The van der Waals surface area contributed by atoms with E-state index in [0.717, 1.165) is 17.2 Å². The van der Waals surface area contributed by atoms with Crippen LogP contribution in [0.25, 0.3) is 0 Å². The molecule has 1 atom stereocenters. The van der Waals surface area contributed by atoms with Gasteiger partial charge in [0, 0.05) is 34.3 Å². The fourth-order valence-electron chi connectivity index (χ4n) is 4.32. The molecule has 9 nitrogen and oxygen atoms in total. The summed E-state index contributed by atoms with van der Waals surface area (Å²) in [5.74, 6) is -0.558. The van der Waals surface area contributed by atoms with Crippen molar-refractivity contribution in [2.75, 3.05) is 0 Å². The maximum Gasteiger partial charge on any atom is 0.345 e. The Labute approximate surface area is 244 Å². The summed E-state index contributed by atoms with van der Waals surface area (Å²) in [5.41, 5.74) is 8.08. The Bertz CT molecular complexity index is 1750. The van der Waals surface area contributed by atoms with Gasteiger partial charge in [0.15, 0.2) is 0 Å². The van der Waals surface area contributed by atoms with Crippen molar-refractivity contribution in [1.82, 2.24) is 0 Å². The number of halogens is 2. The lowest BCUT2D eigenvalue weighted by Gasteiger charge is -2.27. The molecular weight excluding hydrogens is 569 g/mol. The molecule has 0 saturated heterocycles. The zero-order valence-electron chi connectivity index (χ0n) is 21.0. The van der Waals surface area contributed by atoms with E-state index in [-0.39, 0.29) is 39.2 Å². The Kier molecular flexibility index (Phi) is 7.79. The van der Waals surface area contributed by atoms with Crippen molar-refractivity contribution in [2.45, 2.75) is 12.5 Å². The van der Waals surface area contributed by atoms with Crippen LogP contribution in [-0.2, 0) is 6.61 Å². The van der Waals surface area contributed by atoms with Crippen molar-refractivity contribution in [1.29, 1.82) is 5.26 Å². The van der Waals surface area contributed by atoms with E-state index in [1.807, 2.05) is 30.3 Å². The summed E-state index contributed by atoms with van der Waals surface area (Å²) in [4.78, 5) is 23.2. The Morgan fingerprint density at radius 2 is 1.73 bits per heavy atom.